The average molecular weight is 251 g/mol. The third kappa shape index (κ3) is 3.20. The van der Waals surface area contributed by atoms with Crippen LogP contribution in [-0.2, 0) is 11.2 Å². The van der Waals surface area contributed by atoms with Crippen molar-refractivity contribution in [3.05, 3.63) is 29.8 Å². The molecule has 0 amide bonds. The molecule has 1 aromatic carbocycles. The van der Waals surface area contributed by atoms with Gasteiger partial charge in [-0.1, -0.05) is 12.1 Å². The molecule has 0 heterocycles. The summed E-state index contributed by atoms with van der Waals surface area (Å²) in [5.41, 5.74) is 6.18. The quantitative estimate of drug-likeness (QED) is 0.810. The molecule has 0 saturated heterocycles. The summed E-state index contributed by atoms with van der Waals surface area (Å²) in [4.78, 5) is 10.5. The SMILES string of the molecule is N[C@@H](Cc1ccc(OC2CC([18F])C2)cc1)C(=O)[O-]. The minimum atomic E-state index is -1.27. The normalized spacial score (nSPS) is 24.1. The molecule has 1 atom stereocenters. The molecular weight excluding hydrogens is 236 g/mol. The summed E-state index contributed by atoms with van der Waals surface area (Å²) < 4.78 is 18.1. The molecule has 0 aliphatic heterocycles. The summed E-state index contributed by atoms with van der Waals surface area (Å²) in [5.74, 6) is -0.601. The summed E-state index contributed by atoms with van der Waals surface area (Å²) in [7, 11) is 0. The monoisotopic (exact) mass is 251 g/mol. The first-order valence-corrected chi connectivity index (χ1v) is 5.90. The molecule has 0 radical (unpaired) electrons. The lowest BCUT2D eigenvalue weighted by atomic mass is 9.93. The molecule has 2 rings (SSSR count). The maximum absolute atomic E-state index is 12.6. The van der Waals surface area contributed by atoms with Crippen molar-refractivity contribution in [3.63, 3.8) is 0 Å². The summed E-state index contributed by atoms with van der Waals surface area (Å²) in [6, 6.07) is 5.98. The Balaban J connectivity index is 1.87. The first-order chi connectivity index (χ1) is 8.54. The Morgan fingerprint density at radius 2 is 2.06 bits per heavy atom. The summed E-state index contributed by atoms with van der Waals surface area (Å²) in [6.45, 7) is 0. The van der Waals surface area contributed by atoms with Gasteiger partial charge in [-0.3, -0.25) is 0 Å². The van der Waals surface area contributed by atoms with Gasteiger partial charge >= 0.3 is 0 Å². The Morgan fingerprint density at radius 1 is 1.44 bits per heavy atom. The van der Waals surface area contributed by atoms with Gasteiger partial charge in [-0.2, -0.15) is 0 Å². The number of nitrogens with two attached hydrogens (primary N) is 1. The molecule has 0 aromatic heterocycles. The molecule has 0 unspecified atom stereocenters. The number of rotatable bonds is 5. The van der Waals surface area contributed by atoms with E-state index in [1.807, 2.05) is 0 Å². The number of alkyl halides is 1. The number of hydrogen-bond donors (Lipinski definition) is 1. The maximum atomic E-state index is 12.6. The van der Waals surface area contributed by atoms with Gasteiger partial charge in [0.25, 0.3) is 0 Å². The molecule has 1 aliphatic carbocycles. The smallest absolute Gasteiger partial charge is 0.119 e. The average Bonchev–Trinajstić information content (AvgIpc) is 2.29. The molecule has 2 N–H and O–H groups in total. The molecule has 5 heteroatoms. The second kappa shape index (κ2) is 5.35. The standard InChI is InChI=1S/C13H16FNO3/c14-9-6-11(7-9)18-10-3-1-8(2-4-10)5-12(15)13(16)17/h1-4,9,11-12H,5-7,15H2,(H,16,17)/p-1/t9?,11?,12-/m0/s1/i14-1. The van der Waals surface area contributed by atoms with Crippen molar-refractivity contribution >= 4 is 5.97 Å². The molecule has 18 heavy (non-hydrogen) atoms. The lowest BCUT2D eigenvalue weighted by molar-refractivity contribution is -0.307. The molecule has 1 aliphatic rings. The van der Waals surface area contributed by atoms with Crippen LogP contribution in [-0.4, -0.2) is 24.3 Å². The fourth-order valence-electron chi connectivity index (χ4n) is 1.83. The molecule has 1 saturated carbocycles. The van der Waals surface area contributed by atoms with Gasteiger partial charge in [0, 0.05) is 18.9 Å². The molecule has 4 nitrogen and oxygen atoms in total. The number of hydrogen-bond acceptors (Lipinski definition) is 4. The zero-order valence-corrected chi connectivity index (χ0v) is 9.84. The van der Waals surface area contributed by atoms with Crippen molar-refractivity contribution < 1.29 is 19.0 Å². The van der Waals surface area contributed by atoms with Crippen molar-refractivity contribution in [1.29, 1.82) is 0 Å². The number of carbonyl (C=O) groups is 1. The number of carbonyl (C=O) groups excluding carboxylic acids is 1. The minimum Gasteiger partial charge on any atom is -0.548 e. The predicted octanol–water partition coefficient (Wildman–Crippen LogP) is 0.186. The van der Waals surface area contributed by atoms with Crippen molar-refractivity contribution in [2.45, 2.75) is 37.6 Å². The lowest BCUT2D eigenvalue weighted by Gasteiger charge is -2.30. The van der Waals surface area contributed by atoms with E-state index in [1.165, 1.54) is 0 Å². The van der Waals surface area contributed by atoms with E-state index in [2.05, 4.69) is 0 Å². The number of halogens is 1. The fourth-order valence-corrected chi connectivity index (χ4v) is 1.83. The van der Waals surface area contributed by atoms with Crippen molar-refractivity contribution in [2.75, 3.05) is 0 Å². The van der Waals surface area contributed by atoms with Crippen LogP contribution in [0.2, 0.25) is 0 Å². The summed E-state index contributed by atoms with van der Waals surface area (Å²) in [6.07, 6.45) is 0.319. The predicted molar refractivity (Wildman–Crippen MR) is 61.7 cm³/mol. The third-order valence-corrected chi connectivity index (χ3v) is 3.02. The highest BCUT2D eigenvalue weighted by atomic mass is 18.2. The Morgan fingerprint density at radius 3 is 2.56 bits per heavy atom. The number of carboxylic acid groups (broad SMARTS) is 1. The molecule has 0 bridgehead atoms. The van der Waals surface area contributed by atoms with Crippen LogP contribution in [0.4, 0.5) is 4.39 Å². The number of carboxylic acids is 1. The van der Waals surface area contributed by atoms with Crippen LogP contribution in [0.15, 0.2) is 24.3 Å². The van der Waals surface area contributed by atoms with E-state index in [0.29, 0.717) is 18.6 Å². The van der Waals surface area contributed by atoms with Gasteiger partial charge in [0.1, 0.15) is 18.0 Å². The topological polar surface area (TPSA) is 75.4 Å². The highest BCUT2D eigenvalue weighted by molar-refractivity contribution is 5.71. The third-order valence-electron chi connectivity index (χ3n) is 3.02. The molecule has 1 aromatic rings. The zero-order chi connectivity index (χ0) is 13.1. The Labute approximate surface area is 105 Å². The van der Waals surface area contributed by atoms with Gasteiger partial charge in [0.2, 0.25) is 0 Å². The fraction of sp³-hybridized carbons (Fsp3) is 0.462. The van der Waals surface area contributed by atoms with Crippen LogP contribution in [0.1, 0.15) is 18.4 Å². The summed E-state index contributed by atoms with van der Waals surface area (Å²) in [5, 5.41) is 10.5. The first-order valence-electron chi connectivity index (χ1n) is 5.90. The van der Waals surface area contributed by atoms with Gasteiger partial charge in [-0.05, 0) is 24.1 Å². The highest BCUT2D eigenvalue weighted by Crippen LogP contribution is 2.28. The van der Waals surface area contributed by atoms with Crippen LogP contribution in [0.3, 0.4) is 0 Å². The van der Waals surface area contributed by atoms with Crippen LogP contribution < -0.4 is 15.6 Å². The van der Waals surface area contributed by atoms with E-state index in [0.717, 1.165) is 5.56 Å². The molecule has 98 valence electrons. The van der Waals surface area contributed by atoms with Crippen LogP contribution in [0.5, 0.6) is 5.75 Å². The molecule has 0 spiro atoms. The van der Waals surface area contributed by atoms with E-state index in [4.69, 9.17) is 10.5 Å². The number of aliphatic carboxylic acids is 1. The van der Waals surface area contributed by atoms with Gasteiger partial charge in [-0.25, -0.2) is 4.39 Å². The number of ether oxygens (including phenoxy) is 1. The number of benzene rings is 1. The van der Waals surface area contributed by atoms with Gasteiger partial charge in [-0.15, -0.1) is 0 Å². The van der Waals surface area contributed by atoms with E-state index in [9.17, 15) is 14.3 Å². The maximum Gasteiger partial charge on any atom is 0.119 e. The minimum absolute atomic E-state index is 0.0451. The Kier molecular flexibility index (Phi) is 3.81. The van der Waals surface area contributed by atoms with E-state index in [-0.39, 0.29) is 12.5 Å². The van der Waals surface area contributed by atoms with Gasteiger partial charge < -0.3 is 20.4 Å². The highest BCUT2D eigenvalue weighted by Gasteiger charge is 2.30. The van der Waals surface area contributed by atoms with Crippen molar-refractivity contribution in [2.24, 2.45) is 5.73 Å². The summed E-state index contributed by atoms with van der Waals surface area (Å²) >= 11 is 0. The second-order valence-corrected chi connectivity index (χ2v) is 4.58. The Bertz CT molecular complexity index is 415. The second-order valence-electron chi connectivity index (χ2n) is 4.58. The lowest BCUT2D eigenvalue weighted by Crippen LogP contribution is -2.43. The van der Waals surface area contributed by atoms with Crippen LogP contribution in [0.25, 0.3) is 0 Å². The van der Waals surface area contributed by atoms with Gasteiger partial charge in [0.15, 0.2) is 0 Å². The van der Waals surface area contributed by atoms with E-state index < -0.39 is 18.2 Å². The van der Waals surface area contributed by atoms with E-state index in [1.54, 1.807) is 24.3 Å². The van der Waals surface area contributed by atoms with E-state index >= 15 is 0 Å². The zero-order valence-electron chi connectivity index (χ0n) is 9.84. The molecular formula is C13H15FNO3-. The van der Waals surface area contributed by atoms with Gasteiger partial charge in [0.05, 0.1) is 5.97 Å². The van der Waals surface area contributed by atoms with Crippen molar-refractivity contribution in [3.8, 4) is 5.75 Å². The largest absolute Gasteiger partial charge is 0.548 e. The first kappa shape index (κ1) is 12.8. The van der Waals surface area contributed by atoms with Crippen LogP contribution in [0, 0.1) is 0 Å². The Hall–Kier alpha value is -1.62. The van der Waals surface area contributed by atoms with Crippen molar-refractivity contribution in [1.82, 2.24) is 0 Å². The molecule has 1 fully saturated rings. The van der Waals surface area contributed by atoms with Crippen LogP contribution >= 0.6 is 0 Å².